The number of nitro benzene ring substituents is 1. The van der Waals surface area contributed by atoms with Crippen molar-refractivity contribution in [2.45, 2.75) is 24.9 Å². The summed E-state index contributed by atoms with van der Waals surface area (Å²) in [5.74, 6) is 0.0810. The van der Waals surface area contributed by atoms with Crippen molar-refractivity contribution in [3.63, 3.8) is 0 Å². The Labute approximate surface area is 125 Å². The molecule has 1 aliphatic heterocycles. The summed E-state index contributed by atoms with van der Waals surface area (Å²) in [6.45, 7) is 0.663. The monoisotopic (exact) mass is 299 g/mol. The lowest BCUT2D eigenvalue weighted by molar-refractivity contribution is -0.384. The van der Waals surface area contributed by atoms with E-state index >= 15 is 0 Å². The number of nitrogens with one attached hydrogen (secondary N) is 3. The van der Waals surface area contributed by atoms with Crippen LogP contribution in [0.3, 0.4) is 0 Å². The van der Waals surface area contributed by atoms with Gasteiger partial charge in [-0.15, -0.1) is 0 Å². The van der Waals surface area contributed by atoms with Crippen molar-refractivity contribution >= 4 is 17.4 Å². The molecule has 1 aromatic heterocycles. The quantitative estimate of drug-likeness (QED) is 0.589. The minimum atomic E-state index is -0.524. The Morgan fingerprint density at radius 2 is 2.23 bits per heavy atom. The zero-order valence-corrected chi connectivity index (χ0v) is 11.5. The van der Waals surface area contributed by atoms with Gasteiger partial charge in [0, 0.05) is 29.8 Å². The van der Waals surface area contributed by atoms with Gasteiger partial charge in [0.05, 0.1) is 16.2 Å². The van der Waals surface area contributed by atoms with Crippen LogP contribution in [0, 0.1) is 10.1 Å². The average molecular weight is 299 g/mol. The van der Waals surface area contributed by atoms with Crippen LogP contribution in [0.5, 0.6) is 0 Å². The summed E-state index contributed by atoms with van der Waals surface area (Å²) in [6.07, 6.45) is 2.14. The number of amides is 1. The van der Waals surface area contributed by atoms with Gasteiger partial charge in [0.2, 0.25) is 0 Å². The van der Waals surface area contributed by atoms with Gasteiger partial charge >= 0.3 is 0 Å². The van der Waals surface area contributed by atoms with E-state index in [1.54, 1.807) is 0 Å². The van der Waals surface area contributed by atoms with Crippen molar-refractivity contribution in [1.82, 2.24) is 15.5 Å². The molecule has 0 atom stereocenters. The second kappa shape index (κ2) is 4.38. The van der Waals surface area contributed by atoms with Crippen LogP contribution in [0.25, 0.3) is 0 Å². The Balaban J connectivity index is 1.58. The lowest BCUT2D eigenvalue weighted by atomic mass is 10.1. The Bertz CT molecular complexity index is 794. The Hall–Kier alpha value is -2.74. The third-order valence-electron chi connectivity index (χ3n) is 4.25. The van der Waals surface area contributed by atoms with E-state index in [1.807, 2.05) is 0 Å². The second-order valence-corrected chi connectivity index (χ2v) is 5.62. The molecular formula is C14H13N5O3. The molecular weight excluding hydrogens is 286 g/mol. The number of nitrogens with zero attached hydrogens (tertiary/aromatic N) is 2. The topological polar surface area (TPSA) is 113 Å². The number of carbonyl (C=O) groups is 1. The van der Waals surface area contributed by atoms with E-state index in [9.17, 15) is 14.9 Å². The number of hydrogen-bond donors (Lipinski definition) is 3. The number of rotatable bonds is 3. The number of fused-ring (bicyclic) bond motifs is 2. The van der Waals surface area contributed by atoms with E-state index < -0.39 is 10.8 Å². The molecule has 0 radical (unpaired) electrons. The molecule has 0 saturated heterocycles. The molecule has 2 aliphatic rings. The van der Waals surface area contributed by atoms with Crippen molar-refractivity contribution in [2.75, 3.05) is 5.32 Å². The molecule has 1 saturated carbocycles. The molecule has 1 spiro atoms. The molecule has 1 aliphatic carbocycles. The third kappa shape index (κ3) is 1.88. The van der Waals surface area contributed by atoms with Crippen LogP contribution in [0.4, 0.5) is 11.5 Å². The average Bonchev–Trinajstić information content (AvgIpc) is 3.06. The standard InChI is InChI=1S/C14H13N5O3/c20-13(8-2-1-3-9(6-8)19(21)22)16-12-10-7-15-14(4-5-14)11(10)17-18-12/h1-3,6,15H,4-5,7H2,(H2,16,17,18,20). The first kappa shape index (κ1) is 13.0. The lowest BCUT2D eigenvalue weighted by Gasteiger charge is -2.04. The fourth-order valence-corrected chi connectivity index (χ4v) is 2.87. The Kier molecular flexibility index (Phi) is 2.58. The van der Waals surface area contributed by atoms with E-state index in [0.717, 1.165) is 24.1 Å². The minimum absolute atomic E-state index is 0.0246. The van der Waals surface area contributed by atoms with Crippen LogP contribution in [0.15, 0.2) is 24.3 Å². The number of non-ortho nitro benzene ring substituents is 1. The highest BCUT2D eigenvalue weighted by molar-refractivity contribution is 6.04. The Morgan fingerprint density at radius 1 is 1.41 bits per heavy atom. The summed E-state index contributed by atoms with van der Waals surface area (Å²) in [5, 5.41) is 24.1. The highest BCUT2D eigenvalue weighted by Crippen LogP contribution is 2.50. The number of H-pyrrole nitrogens is 1. The first-order chi connectivity index (χ1) is 10.6. The van der Waals surface area contributed by atoms with Gasteiger partial charge in [0.25, 0.3) is 11.6 Å². The number of aromatic amines is 1. The lowest BCUT2D eigenvalue weighted by Crippen LogP contribution is -2.21. The summed E-state index contributed by atoms with van der Waals surface area (Å²) in [4.78, 5) is 22.5. The van der Waals surface area contributed by atoms with Crippen molar-refractivity contribution < 1.29 is 9.72 Å². The van der Waals surface area contributed by atoms with Gasteiger partial charge in [0.1, 0.15) is 0 Å². The molecule has 1 fully saturated rings. The van der Waals surface area contributed by atoms with Crippen molar-refractivity contribution in [3.8, 4) is 0 Å². The zero-order valence-electron chi connectivity index (χ0n) is 11.5. The zero-order chi connectivity index (χ0) is 15.3. The normalized spacial score (nSPS) is 17.3. The molecule has 3 N–H and O–H groups in total. The molecule has 22 heavy (non-hydrogen) atoms. The predicted molar refractivity (Wildman–Crippen MR) is 77.4 cm³/mol. The van der Waals surface area contributed by atoms with E-state index in [1.165, 1.54) is 24.3 Å². The van der Waals surface area contributed by atoms with Crippen LogP contribution < -0.4 is 10.6 Å². The van der Waals surface area contributed by atoms with Crippen molar-refractivity contribution in [2.24, 2.45) is 0 Å². The molecule has 4 rings (SSSR count). The highest BCUT2D eigenvalue weighted by atomic mass is 16.6. The maximum atomic E-state index is 12.3. The van der Waals surface area contributed by atoms with Gasteiger partial charge in [-0.3, -0.25) is 20.0 Å². The summed E-state index contributed by atoms with van der Waals surface area (Å²) < 4.78 is 0. The van der Waals surface area contributed by atoms with Crippen LogP contribution in [0.1, 0.15) is 34.5 Å². The summed E-state index contributed by atoms with van der Waals surface area (Å²) in [6, 6.07) is 5.63. The minimum Gasteiger partial charge on any atom is -0.305 e. The maximum Gasteiger partial charge on any atom is 0.270 e. The largest absolute Gasteiger partial charge is 0.305 e. The number of hydrogen-bond acceptors (Lipinski definition) is 5. The van der Waals surface area contributed by atoms with Gasteiger partial charge in [-0.05, 0) is 18.9 Å². The van der Waals surface area contributed by atoms with E-state index in [0.29, 0.717) is 12.4 Å². The van der Waals surface area contributed by atoms with Gasteiger partial charge in [-0.1, -0.05) is 6.07 Å². The Morgan fingerprint density at radius 3 is 2.95 bits per heavy atom. The van der Waals surface area contributed by atoms with Gasteiger partial charge < -0.3 is 10.6 Å². The highest BCUT2D eigenvalue weighted by Gasteiger charge is 2.51. The fraction of sp³-hybridized carbons (Fsp3) is 0.286. The van der Waals surface area contributed by atoms with Gasteiger partial charge in [-0.25, -0.2) is 0 Å². The predicted octanol–water partition coefficient (Wildman–Crippen LogP) is 1.66. The molecule has 8 nitrogen and oxygen atoms in total. The van der Waals surface area contributed by atoms with Crippen LogP contribution in [0.2, 0.25) is 0 Å². The molecule has 2 heterocycles. The van der Waals surface area contributed by atoms with Crippen LogP contribution >= 0.6 is 0 Å². The van der Waals surface area contributed by atoms with Crippen molar-refractivity contribution in [3.05, 3.63) is 51.2 Å². The first-order valence-corrected chi connectivity index (χ1v) is 6.98. The summed E-state index contributed by atoms with van der Waals surface area (Å²) in [5.41, 5.74) is 2.16. The number of benzene rings is 1. The number of nitro groups is 1. The van der Waals surface area contributed by atoms with Gasteiger partial charge in [-0.2, -0.15) is 5.10 Å². The number of anilines is 1. The van der Waals surface area contributed by atoms with Crippen LogP contribution in [-0.2, 0) is 12.1 Å². The first-order valence-electron chi connectivity index (χ1n) is 6.98. The van der Waals surface area contributed by atoms with E-state index in [2.05, 4.69) is 20.8 Å². The molecule has 0 unspecified atom stereocenters. The molecule has 112 valence electrons. The third-order valence-corrected chi connectivity index (χ3v) is 4.25. The van der Waals surface area contributed by atoms with E-state index in [4.69, 9.17) is 0 Å². The SMILES string of the molecule is O=C(Nc1n[nH]c2c1CNC21CC1)c1cccc([N+](=O)[O-])c1. The van der Waals surface area contributed by atoms with E-state index in [-0.39, 0.29) is 16.8 Å². The number of carbonyl (C=O) groups excluding carboxylic acids is 1. The smallest absolute Gasteiger partial charge is 0.270 e. The number of aromatic nitrogens is 2. The second-order valence-electron chi connectivity index (χ2n) is 5.62. The molecule has 8 heteroatoms. The molecule has 0 bridgehead atoms. The summed E-state index contributed by atoms with van der Waals surface area (Å²) in [7, 11) is 0. The van der Waals surface area contributed by atoms with Crippen molar-refractivity contribution in [1.29, 1.82) is 0 Å². The molecule has 1 amide bonds. The fourth-order valence-electron chi connectivity index (χ4n) is 2.87. The van der Waals surface area contributed by atoms with Gasteiger partial charge in [0.15, 0.2) is 5.82 Å². The maximum absolute atomic E-state index is 12.3. The van der Waals surface area contributed by atoms with Crippen LogP contribution in [-0.4, -0.2) is 21.0 Å². The summed E-state index contributed by atoms with van der Waals surface area (Å²) >= 11 is 0. The molecule has 2 aromatic rings. The molecule has 1 aromatic carbocycles.